The topological polar surface area (TPSA) is 106 Å². The Hall–Kier alpha value is -3.34. The number of phenols is 1. The van der Waals surface area contributed by atoms with E-state index < -0.39 is 11.8 Å². The molecule has 0 radical (unpaired) electrons. The van der Waals surface area contributed by atoms with Gasteiger partial charge in [0.25, 0.3) is 0 Å². The van der Waals surface area contributed by atoms with Crippen molar-refractivity contribution in [3.8, 4) is 5.75 Å². The lowest BCUT2D eigenvalue weighted by Crippen LogP contribution is -2.46. The minimum Gasteiger partial charge on any atom is -0.508 e. The van der Waals surface area contributed by atoms with E-state index in [4.69, 9.17) is 23.3 Å². The number of hydrazine groups is 1. The molecular weight excluding hydrogens is 506 g/mol. The predicted molar refractivity (Wildman–Crippen MR) is 140 cm³/mol. The number of hydrogen-bond donors (Lipinski definition) is 3. The number of amidine groups is 1. The lowest BCUT2D eigenvalue weighted by molar-refractivity contribution is 0.0584. The molecule has 3 aromatic carbocycles. The predicted octanol–water partition coefficient (Wildman–Crippen LogP) is 5.21. The maximum atomic E-state index is 15.7. The summed E-state index contributed by atoms with van der Waals surface area (Å²) < 4.78 is 33.0. The monoisotopic (exact) mass is 530 g/mol. The molecule has 11 heteroatoms. The maximum absolute atomic E-state index is 15.7. The molecule has 1 aromatic heterocycles. The molecule has 0 aliphatic rings. The van der Waals surface area contributed by atoms with Gasteiger partial charge in [-0.1, -0.05) is 41.9 Å². The Morgan fingerprint density at radius 1 is 1.19 bits per heavy atom. The van der Waals surface area contributed by atoms with Gasteiger partial charge in [0.1, 0.15) is 5.75 Å². The van der Waals surface area contributed by atoms with Crippen LogP contribution < -0.4 is 11.7 Å². The SMILES string of the molecule is CSc1cccc(Cl)c1Cn1nc(C)c2ccc(C(F)(F)/C(=N/N)N(N)Cc3ccc(O)cc3)cc21. The summed E-state index contributed by atoms with van der Waals surface area (Å²) in [4.78, 5) is 0.982. The van der Waals surface area contributed by atoms with Crippen LogP contribution in [0.3, 0.4) is 0 Å². The highest BCUT2D eigenvalue weighted by Crippen LogP contribution is 2.35. The number of nitrogens with two attached hydrogens (primary N) is 2. The van der Waals surface area contributed by atoms with Gasteiger partial charge < -0.3 is 10.9 Å². The van der Waals surface area contributed by atoms with Crippen LogP contribution in [0.15, 0.2) is 70.7 Å². The smallest absolute Gasteiger partial charge is 0.332 e. The lowest BCUT2D eigenvalue weighted by Gasteiger charge is -2.26. The normalized spacial score (nSPS) is 12.3. The van der Waals surface area contributed by atoms with Crippen molar-refractivity contribution in [1.29, 1.82) is 0 Å². The third-order valence-corrected chi connectivity index (χ3v) is 7.04. The zero-order valence-electron chi connectivity index (χ0n) is 19.6. The summed E-state index contributed by atoms with van der Waals surface area (Å²) in [6.45, 7) is 2.05. The van der Waals surface area contributed by atoms with Crippen LogP contribution in [0.1, 0.15) is 22.4 Å². The van der Waals surface area contributed by atoms with Crippen molar-refractivity contribution in [3.05, 3.63) is 88.1 Å². The van der Waals surface area contributed by atoms with Crippen LogP contribution in [0.25, 0.3) is 10.9 Å². The first-order valence-electron chi connectivity index (χ1n) is 10.9. The van der Waals surface area contributed by atoms with E-state index in [-0.39, 0.29) is 17.9 Å². The van der Waals surface area contributed by atoms with E-state index in [1.54, 1.807) is 40.7 Å². The Kier molecular flexibility index (Phi) is 7.39. The fourth-order valence-electron chi connectivity index (χ4n) is 4.03. The van der Waals surface area contributed by atoms with Crippen LogP contribution >= 0.6 is 23.4 Å². The Morgan fingerprint density at radius 2 is 1.92 bits per heavy atom. The van der Waals surface area contributed by atoms with Gasteiger partial charge in [0, 0.05) is 26.4 Å². The largest absolute Gasteiger partial charge is 0.508 e. The van der Waals surface area contributed by atoms with Crippen molar-refractivity contribution < 1.29 is 13.9 Å². The highest BCUT2D eigenvalue weighted by molar-refractivity contribution is 7.98. The molecule has 1 heterocycles. The first-order valence-corrected chi connectivity index (χ1v) is 12.5. The van der Waals surface area contributed by atoms with Gasteiger partial charge in [-0.05, 0) is 49.1 Å². The standard InChI is InChI=1S/C25H25ClF2N6OS/c1-15-19-11-8-17(12-22(19)34(32-15)14-20-21(26)4-3-5-23(20)36-2)25(27,28)24(31-29)33(30)13-16-6-9-18(35)10-7-16/h3-12,35H,13-14,29-30H2,1-2H3/b31-24-. The number of benzene rings is 3. The van der Waals surface area contributed by atoms with E-state index in [1.165, 1.54) is 24.3 Å². The van der Waals surface area contributed by atoms with E-state index in [1.807, 2.05) is 25.3 Å². The number of thioether (sulfide) groups is 1. The Morgan fingerprint density at radius 3 is 2.58 bits per heavy atom. The Labute approximate surface area is 216 Å². The molecule has 188 valence electrons. The molecule has 36 heavy (non-hydrogen) atoms. The molecule has 4 rings (SSSR count). The third kappa shape index (κ3) is 4.97. The molecular formula is C25H25ClF2N6OS. The van der Waals surface area contributed by atoms with Crippen LogP contribution in [-0.4, -0.2) is 32.0 Å². The van der Waals surface area contributed by atoms with Crippen LogP contribution in [0.2, 0.25) is 5.02 Å². The molecule has 5 N–H and O–H groups in total. The molecule has 0 unspecified atom stereocenters. The summed E-state index contributed by atoms with van der Waals surface area (Å²) >= 11 is 8.00. The number of nitrogens with zero attached hydrogens (tertiary/aromatic N) is 4. The van der Waals surface area contributed by atoms with Crippen molar-refractivity contribution >= 4 is 40.1 Å². The van der Waals surface area contributed by atoms with Crippen molar-refractivity contribution in [2.75, 3.05) is 6.26 Å². The van der Waals surface area contributed by atoms with Crippen LogP contribution in [-0.2, 0) is 19.0 Å². The van der Waals surface area contributed by atoms with Crippen LogP contribution in [0.4, 0.5) is 8.78 Å². The maximum Gasteiger partial charge on any atom is 0.332 e. The summed E-state index contributed by atoms with van der Waals surface area (Å²) in [6.07, 6.45) is 1.95. The van der Waals surface area contributed by atoms with Crippen molar-refractivity contribution in [2.45, 2.75) is 30.8 Å². The number of alkyl halides is 2. The van der Waals surface area contributed by atoms with Gasteiger partial charge >= 0.3 is 5.92 Å². The minimum absolute atomic E-state index is 0.0574. The quantitative estimate of drug-likeness (QED) is 0.0995. The number of hydrazone groups is 1. The molecule has 4 aromatic rings. The number of fused-ring (bicyclic) bond motifs is 1. The van der Waals surface area contributed by atoms with Crippen molar-refractivity contribution in [3.63, 3.8) is 0 Å². The number of aromatic nitrogens is 2. The molecule has 0 bridgehead atoms. The number of rotatable bonds is 7. The summed E-state index contributed by atoms with van der Waals surface area (Å²) in [5.41, 5.74) is 2.36. The van der Waals surface area contributed by atoms with Gasteiger partial charge in [-0.25, -0.2) is 5.84 Å². The number of phenolic OH excluding ortho intramolecular Hbond substituents is 1. The molecule has 0 saturated heterocycles. The van der Waals surface area contributed by atoms with Gasteiger partial charge in [0.2, 0.25) is 5.84 Å². The minimum atomic E-state index is -3.59. The highest BCUT2D eigenvalue weighted by atomic mass is 35.5. The lowest BCUT2D eigenvalue weighted by atomic mass is 10.0. The molecule has 0 saturated carbocycles. The van der Waals surface area contributed by atoms with E-state index in [0.29, 0.717) is 28.3 Å². The van der Waals surface area contributed by atoms with Crippen LogP contribution in [0, 0.1) is 6.92 Å². The molecule has 0 spiro atoms. The molecule has 0 aliphatic carbocycles. The van der Waals surface area contributed by atoms with E-state index in [9.17, 15) is 5.11 Å². The molecule has 0 atom stereocenters. The van der Waals surface area contributed by atoms with Crippen molar-refractivity contribution in [1.82, 2.24) is 14.8 Å². The van der Waals surface area contributed by atoms with Gasteiger partial charge in [-0.3, -0.25) is 9.69 Å². The number of aromatic hydroxyl groups is 1. The summed E-state index contributed by atoms with van der Waals surface area (Å²) in [7, 11) is 0. The molecule has 0 aliphatic heterocycles. The zero-order valence-corrected chi connectivity index (χ0v) is 21.2. The van der Waals surface area contributed by atoms with Gasteiger partial charge in [0.15, 0.2) is 0 Å². The summed E-state index contributed by atoms with van der Waals surface area (Å²) in [5.74, 6) is 7.02. The zero-order chi connectivity index (χ0) is 26.0. The second-order valence-electron chi connectivity index (χ2n) is 8.22. The fourth-order valence-corrected chi connectivity index (χ4v) is 4.95. The fraction of sp³-hybridized carbons (Fsp3) is 0.200. The van der Waals surface area contributed by atoms with E-state index in [2.05, 4.69) is 10.2 Å². The van der Waals surface area contributed by atoms with Crippen molar-refractivity contribution in [2.24, 2.45) is 16.8 Å². The van der Waals surface area contributed by atoms with Crippen LogP contribution in [0.5, 0.6) is 5.75 Å². The second-order valence-corrected chi connectivity index (χ2v) is 9.47. The first kappa shape index (κ1) is 25.7. The first-order chi connectivity index (χ1) is 17.1. The van der Waals surface area contributed by atoms with E-state index >= 15 is 8.78 Å². The Balaban J connectivity index is 1.70. The summed E-state index contributed by atoms with van der Waals surface area (Å²) in [5, 5.41) is 19.5. The molecule has 7 nitrogen and oxygen atoms in total. The molecule has 0 amide bonds. The summed E-state index contributed by atoms with van der Waals surface area (Å²) in [6, 6.07) is 16.0. The number of halogens is 3. The average molecular weight is 531 g/mol. The van der Waals surface area contributed by atoms with E-state index in [0.717, 1.165) is 20.9 Å². The average Bonchev–Trinajstić information content (AvgIpc) is 3.16. The number of hydrogen-bond acceptors (Lipinski definition) is 6. The Bertz CT molecular complexity index is 1420. The van der Waals surface area contributed by atoms with Gasteiger partial charge in [-0.15, -0.1) is 11.8 Å². The molecule has 0 fully saturated rings. The van der Waals surface area contributed by atoms with Gasteiger partial charge in [-0.2, -0.15) is 19.0 Å². The third-order valence-electron chi connectivity index (χ3n) is 5.87. The number of aryl methyl sites for hydroxylation is 1. The second kappa shape index (κ2) is 10.3. The van der Waals surface area contributed by atoms with Gasteiger partial charge in [0.05, 0.1) is 24.3 Å². The highest BCUT2D eigenvalue weighted by Gasteiger charge is 2.42.